The van der Waals surface area contributed by atoms with Gasteiger partial charge in [0, 0.05) is 56.0 Å². The predicted molar refractivity (Wildman–Crippen MR) is 130 cm³/mol. The Morgan fingerprint density at radius 1 is 0.853 bits per heavy atom. The van der Waals surface area contributed by atoms with Crippen LogP contribution in [0.25, 0.3) is 0 Å². The fourth-order valence-corrected chi connectivity index (χ4v) is 4.55. The van der Waals surface area contributed by atoms with Crippen LogP contribution in [0.3, 0.4) is 0 Å². The standard InChI is InChI=1S/C26H30N4O4/c1-17-3-9-23(10-4-17)30-16-20(15-24(30)32)26(34)29-13-11-19(12-14-29)25(33)28-22-7-5-21(6-8-22)27-18(2)31/h3-10,19-20H,11-16H2,1-2H3,(H,27,31)(H,28,33)/t20-/m1/s1. The molecule has 0 bridgehead atoms. The molecule has 4 rings (SSSR count). The second-order valence-corrected chi connectivity index (χ2v) is 9.09. The summed E-state index contributed by atoms with van der Waals surface area (Å²) in [5.74, 6) is -0.769. The topological polar surface area (TPSA) is 98.8 Å². The van der Waals surface area contributed by atoms with Crippen LogP contribution in [0.1, 0.15) is 31.7 Å². The van der Waals surface area contributed by atoms with Gasteiger partial charge in [-0.1, -0.05) is 17.7 Å². The van der Waals surface area contributed by atoms with Gasteiger partial charge in [-0.3, -0.25) is 19.2 Å². The third-order valence-electron chi connectivity index (χ3n) is 6.47. The summed E-state index contributed by atoms with van der Waals surface area (Å²) in [5.41, 5.74) is 3.28. The highest BCUT2D eigenvalue weighted by Crippen LogP contribution is 2.28. The second-order valence-electron chi connectivity index (χ2n) is 9.09. The number of carbonyl (C=O) groups excluding carboxylic acids is 4. The predicted octanol–water partition coefficient (Wildman–Crippen LogP) is 3.18. The monoisotopic (exact) mass is 462 g/mol. The minimum atomic E-state index is -0.346. The summed E-state index contributed by atoms with van der Waals surface area (Å²) in [6.45, 7) is 4.85. The van der Waals surface area contributed by atoms with Crippen LogP contribution in [0, 0.1) is 18.8 Å². The van der Waals surface area contributed by atoms with Gasteiger partial charge in [0.25, 0.3) is 0 Å². The van der Waals surface area contributed by atoms with E-state index in [1.807, 2.05) is 31.2 Å². The lowest BCUT2D eigenvalue weighted by molar-refractivity contribution is -0.138. The summed E-state index contributed by atoms with van der Waals surface area (Å²) < 4.78 is 0. The molecule has 2 aliphatic rings. The maximum atomic E-state index is 13.1. The number of benzene rings is 2. The molecule has 178 valence electrons. The van der Waals surface area contributed by atoms with Gasteiger partial charge < -0.3 is 20.4 Å². The first kappa shape index (κ1) is 23.5. The summed E-state index contributed by atoms with van der Waals surface area (Å²) >= 11 is 0. The first-order valence-electron chi connectivity index (χ1n) is 11.6. The minimum Gasteiger partial charge on any atom is -0.342 e. The van der Waals surface area contributed by atoms with Crippen molar-refractivity contribution < 1.29 is 19.2 Å². The van der Waals surface area contributed by atoms with E-state index in [0.717, 1.165) is 11.3 Å². The van der Waals surface area contributed by atoms with Gasteiger partial charge in [-0.05, 0) is 56.2 Å². The van der Waals surface area contributed by atoms with E-state index in [9.17, 15) is 19.2 Å². The van der Waals surface area contributed by atoms with Crippen molar-refractivity contribution in [3.8, 4) is 0 Å². The number of piperidine rings is 1. The van der Waals surface area contributed by atoms with Gasteiger partial charge in [-0.15, -0.1) is 0 Å². The molecule has 8 nitrogen and oxygen atoms in total. The molecule has 0 radical (unpaired) electrons. The number of nitrogens with zero attached hydrogens (tertiary/aromatic N) is 2. The van der Waals surface area contributed by atoms with Gasteiger partial charge in [0.2, 0.25) is 23.6 Å². The number of aryl methyl sites for hydroxylation is 1. The average molecular weight is 463 g/mol. The molecule has 0 aliphatic carbocycles. The quantitative estimate of drug-likeness (QED) is 0.713. The lowest BCUT2D eigenvalue weighted by Crippen LogP contribution is -2.44. The van der Waals surface area contributed by atoms with Gasteiger partial charge in [-0.25, -0.2) is 0 Å². The number of amides is 4. The molecule has 34 heavy (non-hydrogen) atoms. The molecule has 2 N–H and O–H groups in total. The van der Waals surface area contributed by atoms with Crippen molar-refractivity contribution >= 4 is 40.7 Å². The van der Waals surface area contributed by atoms with Gasteiger partial charge in [0.05, 0.1) is 5.92 Å². The van der Waals surface area contributed by atoms with Crippen LogP contribution in [0.2, 0.25) is 0 Å². The van der Waals surface area contributed by atoms with Gasteiger partial charge in [0.15, 0.2) is 0 Å². The fourth-order valence-electron chi connectivity index (χ4n) is 4.55. The van der Waals surface area contributed by atoms with E-state index >= 15 is 0 Å². The van der Waals surface area contributed by atoms with E-state index in [0.29, 0.717) is 43.9 Å². The summed E-state index contributed by atoms with van der Waals surface area (Å²) in [5, 5.41) is 5.61. The largest absolute Gasteiger partial charge is 0.342 e. The molecular weight excluding hydrogens is 432 g/mol. The van der Waals surface area contributed by atoms with Crippen molar-refractivity contribution in [2.24, 2.45) is 11.8 Å². The molecule has 4 amide bonds. The zero-order valence-corrected chi connectivity index (χ0v) is 19.5. The van der Waals surface area contributed by atoms with E-state index in [4.69, 9.17) is 0 Å². The Morgan fingerprint density at radius 2 is 1.44 bits per heavy atom. The summed E-state index contributed by atoms with van der Waals surface area (Å²) in [7, 11) is 0. The Morgan fingerprint density at radius 3 is 2.03 bits per heavy atom. The van der Waals surface area contributed by atoms with Crippen molar-refractivity contribution in [1.29, 1.82) is 0 Å². The Hall–Kier alpha value is -3.68. The van der Waals surface area contributed by atoms with Gasteiger partial charge in [0.1, 0.15) is 0 Å². The Labute approximate surface area is 199 Å². The van der Waals surface area contributed by atoms with Crippen LogP contribution < -0.4 is 15.5 Å². The summed E-state index contributed by atoms with van der Waals surface area (Å²) in [4.78, 5) is 52.9. The number of hydrogen-bond acceptors (Lipinski definition) is 4. The van der Waals surface area contributed by atoms with Crippen LogP contribution in [0.15, 0.2) is 48.5 Å². The first-order valence-corrected chi connectivity index (χ1v) is 11.6. The molecule has 2 aromatic carbocycles. The lowest BCUT2D eigenvalue weighted by Gasteiger charge is -2.33. The van der Waals surface area contributed by atoms with Gasteiger partial charge in [-0.2, -0.15) is 0 Å². The maximum Gasteiger partial charge on any atom is 0.228 e. The van der Waals surface area contributed by atoms with E-state index in [1.165, 1.54) is 6.92 Å². The number of rotatable bonds is 5. The van der Waals surface area contributed by atoms with E-state index < -0.39 is 0 Å². The molecule has 8 heteroatoms. The zero-order chi connectivity index (χ0) is 24.2. The summed E-state index contributed by atoms with van der Waals surface area (Å²) in [6.07, 6.45) is 1.40. The van der Waals surface area contributed by atoms with Crippen LogP contribution in [-0.2, 0) is 19.2 Å². The maximum absolute atomic E-state index is 13.1. The van der Waals surface area contributed by atoms with Crippen LogP contribution in [-0.4, -0.2) is 48.2 Å². The molecule has 1 atom stereocenters. The second kappa shape index (κ2) is 10.1. The number of hydrogen-bond donors (Lipinski definition) is 2. The highest BCUT2D eigenvalue weighted by atomic mass is 16.2. The third-order valence-corrected chi connectivity index (χ3v) is 6.47. The van der Waals surface area contributed by atoms with Crippen LogP contribution in [0.4, 0.5) is 17.1 Å². The molecule has 0 spiro atoms. The number of likely N-dealkylation sites (tertiary alicyclic amines) is 1. The molecule has 0 aromatic heterocycles. The number of anilines is 3. The first-order chi connectivity index (χ1) is 16.3. The van der Waals surface area contributed by atoms with Crippen molar-refractivity contribution in [2.75, 3.05) is 35.2 Å². The Balaban J connectivity index is 1.27. The molecular formula is C26H30N4O4. The SMILES string of the molecule is CC(=O)Nc1ccc(NC(=O)C2CCN(C(=O)[C@@H]3CC(=O)N(c4ccc(C)cc4)C3)CC2)cc1. The van der Waals surface area contributed by atoms with E-state index in [-0.39, 0.29) is 41.9 Å². The number of carbonyl (C=O) groups is 4. The highest BCUT2D eigenvalue weighted by Gasteiger charge is 2.38. The van der Waals surface area contributed by atoms with E-state index in [1.54, 1.807) is 34.1 Å². The van der Waals surface area contributed by atoms with Crippen LogP contribution >= 0.6 is 0 Å². The van der Waals surface area contributed by atoms with Crippen LogP contribution in [0.5, 0.6) is 0 Å². The molecule has 0 saturated carbocycles. The molecule has 2 aromatic rings. The van der Waals surface area contributed by atoms with Crippen molar-refractivity contribution in [3.05, 3.63) is 54.1 Å². The normalized spacial score (nSPS) is 18.6. The Bertz CT molecular complexity index is 1070. The average Bonchev–Trinajstić information content (AvgIpc) is 3.21. The molecule has 2 fully saturated rings. The van der Waals surface area contributed by atoms with Crippen molar-refractivity contribution in [3.63, 3.8) is 0 Å². The molecule has 2 aliphatic heterocycles. The van der Waals surface area contributed by atoms with Crippen molar-refractivity contribution in [2.45, 2.75) is 33.1 Å². The molecule has 2 heterocycles. The molecule has 2 saturated heterocycles. The smallest absolute Gasteiger partial charge is 0.228 e. The number of nitrogens with one attached hydrogen (secondary N) is 2. The minimum absolute atomic E-state index is 0.00428. The van der Waals surface area contributed by atoms with Crippen molar-refractivity contribution in [1.82, 2.24) is 4.90 Å². The van der Waals surface area contributed by atoms with E-state index in [2.05, 4.69) is 10.6 Å². The zero-order valence-electron chi connectivity index (χ0n) is 19.5. The Kier molecular flexibility index (Phi) is 6.95. The lowest BCUT2D eigenvalue weighted by atomic mass is 9.94. The summed E-state index contributed by atoms with van der Waals surface area (Å²) in [6, 6.07) is 14.7. The van der Waals surface area contributed by atoms with Gasteiger partial charge >= 0.3 is 0 Å². The molecule has 0 unspecified atom stereocenters. The highest BCUT2D eigenvalue weighted by molar-refractivity contribution is 6.00. The fraction of sp³-hybridized carbons (Fsp3) is 0.385. The third kappa shape index (κ3) is 5.44.